The first-order valence-electron chi connectivity index (χ1n) is 6.45. The molecular formula is C14H14BrN3O2. The van der Waals surface area contributed by atoms with Gasteiger partial charge in [0.1, 0.15) is 5.82 Å². The summed E-state index contributed by atoms with van der Waals surface area (Å²) in [6.07, 6.45) is 1.51. The van der Waals surface area contributed by atoms with E-state index in [4.69, 9.17) is 4.74 Å². The molecule has 20 heavy (non-hydrogen) atoms. The Kier molecular flexibility index (Phi) is 3.56. The number of esters is 1. The third kappa shape index (κ3) is 2.24. The highest BCUT2D eigenvalue weighted by Crippen LogP contribution is 2.30. The lowest BCUT2D eigenvalue weighted by atomic mass is 9.99. The number of benzene rings is 1. The van der Waals surface area contributed by atoms with E-state index in [1.165, 1.54) is 7.11 Å². The summed E-state index contributed by atoms with van der Waals surface area (Å²) in [5, 5.41) is 8.51. The average Bonchev–Trinajstić information content (AvgIpc) is 2.90. The lowest BCUT2D eigenvalue weighted by Crippen LogP contribution is -2.28. The molecule has 104 valence electrons. The van der Waals surface area contributed by atoms with Crippen LogP contribution in [0, 0.1) is 5.92 Å². The molecule has 0 spiro atoms. The van der Waals surface area contributed by atoms with Crippen LogP contribution in [0.1, 0.15) is 12.2 Å². The molecule has 0 bridgehead atoms. The molecule has 1 unspecified atom stereocenters. The first kappa shape index (κ1) is 13.3. The summed E-state index contributed by atoms with van der Waals surface area (Å²) in [7, 11) is 1.43. The van der Waals surface area contributed by atoms with Crippen molar-refractivity contribution in [3.63, 3.8) is 0 Å². The summed E-state index contributed by atoms with van der Waals surface area (Å²) in [4.78, 5) is 11.7. The van der Waals surface area contributed by atoms with Crippen LogP contribution in [0.4, 0.5) is 0 Å². The molecule has 1 aromatic carbocycles. The van der Waals surface area contributed by atoms with E-state index in [0.717, 1.165) is 34.5 Å². The summed E-state index contributed by atoms with van der Waals surface area (Å²) in [6, 6.07) is 7.88. The number of hydrogen-bond donors (Lipinski definition) is 0. The number of hydrogen-bond acceptors (Lipinski definition) is 4. The summed E-state index contributed by atoms with van der Waals surface area (Å²) in [5.41, 5.74) is 0.983. The standard InChI is InChI=1S/C14H14BrN3O2/c1-20-14(19)9-6-7-12-16-17-13(18(12)8-9)10-4-2-3-5-11(10)15/h2-5,9H,6-8H2,1H3. The van der Waals surface area contributed by atoms with Crippen LogP contribution < -0.4 is 0 Å². The number of ether oxygens (including phenoxy) is 1. The molecule has 0 saturated heterocycles. The molecule has 0 fully saturated rings. The third-order valence-corrected chi connectivity index (χ3v) is 4.29. The van der Waals surface area contributed by atoms with Crippen molar-refractivity contribution < 1.29 is 9.53 Å². The second-order valence-corrected chi connectivity index (χ2v) is 5.64. The van der Waals surface area contributed by atoms with E-state index in [-0.39, 0.29) is 11.9 Å². The maximum absolute atomic E-state index is 11.7. The normalized spacial score (nSPS) is 17.6. The Morgan fingerprint density at radius 1 is 1.40 bits per heavy atom. The zero-order valence-electron chi connectivity index (χ0n) is 11.0. The van der Waals surface area contributed by atoms with Gasteiger partial charge in [0.15, 0.2) is 5.82 Å². The predicted octanol–water partition coefficient (Wildman–Crippen LogP) is 2.44. The van der Waals surface area contributed by atoms with Gasteiger partial charge in [-0.1, -0.05) is 34.1 Å². The van der Waals surface area contributed by atoms with Gasteiger partial charge in [-0.25, -0.2) is 0 Å². The second-order valence-electron chi connectivity index (χ2n) is 4.79. The Morgan fingerprint density at radius 2 is 2.20 bits per heavy atom. The molecule has 0 N–H and O–H groups in total. The van der Waals surface area contributed by atoms with Gasteiger partial charge in [-0.3, -0.25) is 4.79 Å². The molecule has 1 aliphatic rings. The fourth-order valence-corrected chi connectivity index (χ4v) is 2.99. The van der Waals surface area contributed by atoms with E-state index in [1.807, 2.05) is 28.8 Å². The highest BCUT2D eigenvalue weighted by Gasteiger charge is 2.28. The SMILES string of the molecule is COC(=O)C1CCc2nnc(-c3ccccc3Br)n2C1. The Balaban J connectivity index is 1.99. The quantitative estimate of drug-likeness (QED) is 0.791. The molecule has 1 aromatic heterocycles. The zero-order chi connectivity index (χ0) is 14.1. The molecule has 0 aliphatic carbocycles. The number of aromatic nitrogens is 3. The highest BCUT2D eigenvalue weighted by molar-refractivity contribution is 9.10. The minimum atomic E-state index is -0.164. The van der Waals surface area contributed by atoms with Crippen LogP contribution in [0.2, 0.25) is 0 Å². The van der Waals surface area contributed by atoms with E-state index < -0.39 is 0 Å². The van der Waals surface area contributed by atoms with E-state index in [0.29, 0.717) is 6.54 Å². The van der Waals surface area contributed by atoms with Gasteiger partial charge in [0, 0.05) is 23.0 Å². The summed E-state index contributed by atoms with van der Waals surface area (Å²) in [6.45, 7) is 0.575. The van der Waals surface area contributed by atoms with Crippen LogP contribution in [0.15, 0.2) is 28.7 Å². The number of nitrogens with zero attached hydrogens (tertiary/aromatic N) is 3. The molecule has 0 radical (unpaired) electrons. The predicted molar refractivity (Wildman–Crippen MR) is 77.0 cm³/mol. The maximum Gasteiger partial charge on any atom is 0.310 e. The topological polar surface area (TPSA) is 57.0 Å². The van der Waals surface area contributed by atoms with Crippen LogP contribution in [0.5, 0.6) is 0 Å². The van der Waals surface area contributed by atoms with Crippen molar-refractivity contribution in [3.8, 4) is 11.4 Å². The molecule has 2 heterocycles. The van der Waals surface area contributed by atoms with Gasteiger partial charge in [0.25, 0.3) is 0 Å². The molecule has 1 aliphatic heterocycles. The zero-order valence-corrected chi connectivity index (χ0v) is 12.6. The van der Waals surface area contributed by atoms with Crippen LogP contribution in [0.3, 0.4) is 0 Å². The minimum absolute atomic E-state index is 0.121. The van der Waals surface area contributed by atoms with E-state index >= 15 is 0 Å². The lowest BCUT2D eigenvalue weighted by molar-refractivity contribution is -0.146. The number of carbonyl (C=O) groups excluding carboxylic acids is 1. The van der Waals surface area contributed by atoms with Crippen molar-refractivity contribution in [2.24, 2.45) is 5.92 Å². The Hall–Kier alpha value is -1.69. The maximum atomic E-state index is 11.7. The summed E-state index contributed by atoms with van der Waals surface area (Å²) < 4.78 is 7.84. The molecule has 5 nitrogen and oxygen atoms in total. The van der Waals surface area contributed by atoms with E-state index in [1.54, 1.807) is 0 Å². The van der Waals surface area contributed by atoms with Gasteiger partial charge in [0.05, 0.1) is 13.0 Å². The van der Waals surface area contributed by atoms with Gasteiger partial charge >= 0.3 is 5.97 Å². The molecular weight excluding hydrogens is 322 g/mol. The first-order valence-corrected chi connectivity index (χ1v) is 7.25. The molecule has 1 atom stereocenters. The summed E-state index contributed by atoms with van der Waals surface area (Å²) in [5.74, 6) is 1.43. The fraction of sp³-hybridized carbons (Fsp3) is 0.357. The van der Waals surface area contributed by atoms with Gasteiger partial charge in [-0.05, 0) is 12.5 Å². The van der Waals surface area contributed by atoms with Gasteiger partial charge in [0.2, 0.25) is 0 Å². The smallest absolute Gasteiger partial charge is 0.310 e. The van der Waals surface area contributed by atoms with Gasteiger partial charge in [-0.2, -0.15) is 0 Å². The Bertz CT molecular complexity index is 654. The van der Waals surface area contributed by atoms with E-state index in [9.17, 15) is 4.79 Å². The third-order valence-electron chi connectivity index (χ3n) is 3.60. The number of rotatable bonds is 2. The van der Waals surface area contributed by atoms with Crippen LogP contribution in [-0.4, -0.2) is 27.8 Å². The molecule has 6 heteroatoms. The van der Waals surface area contributed by atoms with Gasteiger partial charge < -0.3 is 9.30 Å². The fourth-order valence-electron chi connectivity index (χ4n) is 2.53. The first-order chi connectivity index (χ1) is 9.70. The average molecular weight is 336 g/mol. The second kappa shape index (κ2) is 5.36. The largest absolute Gasteiger partial charge is 0.469 e. The van der Waals surface area contributed by atoms with Crippen molar-refractivity contribution in [2.75, 3.05) is 7.11 Å². The number of aryl methyl sites for hydroxylation is 1. The Labute approximate surface area is 125 Å². The van der Waals surface area contributed by atoms with Crippen molar-refractivity contribution in [1.82, 2.24) is 14.8 Å². The molecule has 2 aromatic rings. The van der Waals surface area contributed by atoms with Crippen molar-refractivity contribution in [3.05, 3.63) is 34.6 Å². The number of methoxy groups -OCH3 is 1. The van der Waals surface area contributed by atoms with Crippen molar-refractivity contribution >= 4 is 21.9 Å². The highest BCUT2D eigenvalue weighted by atomic mass is 79.9. The molecule has 0 amide bonds. The van der Waals surface area contributed by atoms with Crippen molar-refractivity contribution in [1.29, 1.82) is 0 Å². The summed E-state index contributed by atoms with van der Waals surface area (Å²) >= 11 is 3.53. The number of halogens is 1. The van der Waals surface area contributed by atoms with Crippen molar-refractivity contribution in [2.45, 2.75) is 19.4 Å². The monoisotopic (exact) mass is 335 g/mol. The van der Waals surface area contributed by atoms with Crippen LogP contribution in [0.25, 0.3) is 11.4 Å². The van der Waals surface area contributed by atoms with Crippen LogP contribution >= 0.6 is 15.9 Å². The van der Waals surface area contributed by atoms with Crippen LogP contribution in [-0.2, 0) is 22.5 Å². The molecule has 0 saturated carbocycles. The number of carbonyl (C=O) groups is 1. The van der Waals surface area contributed by atoms with E-state index in [2.05, 4.69) is 26.1 Å². The Morgan fingerprint density at radius 3 is 2.95 bits per heavy atom. The number of fused-ring (bicyclic) bond motifs is 1. The lowest BCUT2D eigenvalue weighted by Gasteiger charge is -2.22. The minimum Gasteiger partial charge on any atom is -0.469 e. The molecule has 3 rings (SSSR count). The van der Waals surface area contributed by atoms with Gasteiger partial charge in [-0.15, -0.1) is 10.2 Å².